The first-order chi connectivity index (χ1) is 14.0. The minimum atomic E-state index is -1.89. The van der Waals surface area contributed by atoms with Crippen molar-refractivity contribution in [2.45, 2.75) is 70.5 Å². The summed E-state index contributed by atoms with van der Waals surface area (Å²) in [5.41, 5.74) is 9.14. The van der Waals surface area contributed by atoms with E-state index in [1.54, 1.807) is 0 Å². The van der Waals surface area contributed by atoms with Crippen LogP contribution in [0.5, 0.6) is 0 Å². The number of benzene rings is 1. The van der Waals surface area contributed by atoms with Gasteiger partial charge in [-0.2, -0.15) is 0 Å². The molecule has 1 aromatic heterocycles. The van der Waals surface area contributed by atoms with Gasteiger partial charge in [-0.05, 0) is 55.4 Å². The Morgan fingerprint density at radius 1 is 1.23 bits per heavy atom. The summed E-state index contributed by atoms with van der Waals surface area (Å²) < 4.78 is 12.0. The third-order valence-electron chi connectivity index (χ3n) is 6.85. The molecule has 2 aromatic rings. The van der Waals surface area contributed by atoms with E-state index >= 15 is 0 Å². The Kier molecular flexibility index (Phi) is 6.51. The second kappa shape index (κ2) is 8.48. The minimum Gasteiger partial charge on any atom is -0.462 e. The molecule has 1 atom stereocenters. The maximum atomic E-state index is 12.5. The molecule has 1 heterocycles. The van der Waals surface area contributed by atoms with E-state index in [2.05, 4.69) is 64.2 Å². The van der Waals surface area contributed by atoms with Gasteiger partial charge in [-0.15, -0.1) is 11.3 Å². The van der Waals surface area contributed by atoms with Crippen molar-refractivity contribution in [3.05, 3.63) is 51.9 Å². The van der Waals surface area contributed by atoms with E-state index < -0.39 is 8.32 Å². The van der Waals surface area contributed by atoms with Gasteiger partial charge in [0, 0.05) is 16.9 Å². The third-order valence-corrected chi connectivity index (χ3v) is 12.4. The van der Waals surface area contributed by atoms with E-state index in [0.717, 1.165) is 24.8 Å². The van der Waals surface area contributed by atoms with Crippen molar-refractivity contribution in [2.24, 2.45) is 0 Å². The van der Waals surface area contributed by atoms with Gasteiger partial charge in [0.25, 0.3) is 0 Å². The van der Waals surface area contributed by atoms with Crippen molar-refractivity contribution in [3.63, 3.8) is 0 Å². The first-order valence-corrected chi connectivity index (χ1v) is 14.5. The summed E-state index contributed by atoms with van der Waals surface area (Å²) in [5.74, 6) is -0.294. The molecule has 1 aromatic carbocycles. The van der Waals surface area contributed by atoms with Gasteiger partial charge in [0.05, 0.1) is 12.2 Å². The Hall–Kier alpha value is -1.63. The summed E-state index contributed by atoms with van der Waals surface area (Å²) in [6, 6.07) is 10.7. The largest absolute Gasteiger partial charge is 0.462 e. The van der Waals surface area contributed by atoms with Crippen LogP contribution >= 0.6 is 11.3 Å². The molecule has 2 N–H and O–H groups in total. The van der Waals surface area contributed by atoms with Crippen LogP contribution in [0.3, 0.4) is 0 Å². The molecule has 0 aliphatic heterocycles. The van der Waals surface area contributed by atoms with Gasteiger partial charge >= 0.3 is 5.97 Å². The van der Waals surface area contributed by atoms with E-state index in [1.165, 1.54) is 21.8 Å². The zero-order valence-electron chi connectivity index (χ0n) is 19.1. The monoisotopic (exact) mass is 445 g/mol. The SMILES string of the molecule is CCOC(=O)c1c(N)sc2c1CCC(CO[Si](C)(C)C(C)(C)C)(c1ccccc1)C2. The van der Waals surface area contributed by atoms with Crippen molar-refractivity contribution in [2.75, 3.05) is 18.9 Å². The fraction of sp³-hybridized carbons (Fsp3) is 0.542. The number of nitrogens with two attached hydrogens (primary N) is 1. The van der Waals surface area contributed by atoms with Gasteiger partial charge in [-0.25, -0.2) is 4.79 Å². The molecule has 0 spiro atoms. The Bertz CT molecular complexity index is 901. The van der Waals surface area contributed by atoms with Crippen LogP contribution in [0, 0.1) is 0 Å². The summed E-state index contributed by atoms with van der Waals surface area (Å²) in [7, 11) is -1.89. The first kappa shape index (κ1) is 23.0. The lowest BCUT2D eigenvalue weighted by Crippen LogP contribution is -2.47. The van der Waals surface area contributed by atoms with Crippen LogP contribution in [0.15, 0.2) is 30.3 Å². The Morgan fingerprint density at radius 2 is 1.90 bits per heavy atom. The van der Waals surface area contributed by atoms with Crippen LogP contribution in [0.2, 0.25) is 18.1 Å². The summed E-state index contributed by atoms with van der Waals surface area (Å²) in [6.45, 7) is 14.3. The van der Waals surface area contributed by atoms with Crippen LogP contribution in [0.1, 0.15) is 60.5 Å². The van der Waals surface area contributed by atoms with Gasteiger partial charge in [-0.1, -0.05) is 51.1 Å². The third kappa shape index (κ3) is 4.36. The second-order valence-corrected chi connectivity index (χ2v) is 15.8. The van der Waals surface area contributed by atoms with Crippen LogP contribution in [0.25, 0.3) is 0 Å². The molecule has 0 saturated heterocycles. The van der Waals surface area contributed by atoms with E-state index in [0.29, 0.717) is 23.8 Å². The van der Waals surface area contributed by atoms with Gasteiger partial charge in [0.2, 0.25) is 0 Å². The number of hydrogen-bond donors (Lipinski definition) is 1. The molecule has 6 heteroatoms. The van der Waals surface area contributed by atoms with Crippen molar-refractivity contribution in [1.29, 1.82) is 0 Å². The smallest absolute Gasteiger partial charge is 0.341 e. The molecule has 0 saturated carbocycles. The van der Waals surface area contributed by atoms with E-state index in [1.807, 2.05) is 6.92 Å². The molecule has 0 fully saturated rings. The fourth-order valence-corrected chi connectivity index (χ4v) is 6.23. The number of esters is 1. The van der Waals surface area contributed by atoms with Crippen molar-refractivity contribution < 1.29 is 14.0 Å². The zero-order chi connectivity index (χ0) is 22.2. The molecule has 0 radical (unpaired) electrons. The summed E-state index contributed by atoms with van der Waals surface area (Å²) in [4.78, 5) is 13.7. The van der Waals surface area contributed by atoms with E-state index in [4.69, 9.17) is 14.9 Å². The van der Waals surface area contributed by atoms with Crippen molar-refractivity contribution >= 4 is 30.6 Å². The number of carbonyl (C=O) groups is 1. The normalized spacial score (nSPS) is 19.4. The molecule has 1 aliphatic rings. The van der Waals surface area contributed by atoms with E-state index in [-0.39, 0.29) is 16.4 Å². The Balaban J connectivity index is 1.97. The number of fused-ring (bicyclic) bond motifs is 1. The molecule has 1 unspecified atom stereocenters. The molecule has 0 amide bonds. The molecule has 30 heavy (non-hydrogen) atoms. The maximum absolute atomic E-state index is 12.5. The highest BCUT2D eigenvalue weighted by Crippen LogP contribution is 2.46. The molecular formula is C24H35NO3SSi. The average Bonchev–Trinajstić information content (AvgIpc) is 3.01. The zero-order valence-corrected chi connectivity index (χ0v) is 20.9. The van der Waals surface area contributed by atoms with Gasteiger partial charge < -0.3 is 14.9 Å². The molecule has 1 aliphatic carbocycles. The number of hydrogen-bond acceptors (Lipinski definition) is 5. The standard InChI is InChI=1S/C24H35NO3SSi/c1-7-27-22(26)20-18-13-14-24(15-19(18)29-21(20)25,17-11-9-8-10-12-17)16-28-30(5,6)23(2,3)4/h8-12H,7,13-16,25H2,1-6H3. The van der Waals surface area contributed by atoms with Gasteiger partial charge in [0.15, 0.2) is 8.32 Å². The Labute approximate surface area is 185 Å². The Morgan fingerprint density at radius 3 is 2.50 bits per heavy atom. The summed E-state index contributed by atoms with van der Waals surface area (Å²) in [6.07, 6.45) is 2.59. The first-order valence-electron chi connectivity index (χ1n) is 10.8. The van der Waals surface area contributed by atoms with Crippen molar-refractivity contribution in [1.82, 2.24) is 0 Å². The summed E-state index contributed by atoms with van der Waals surface area (Å²) >= 11 is 1.54. The second-order valence-electron chi connectivity index (χ2n) is 9.84. The number of rotatable bonds is 6. The van der Waals surface area contributed by atoms with Crippen LogP contribution in [-0.4, -0.2) is 27.5 Å². The minimum absolute atomic E-state index is 0.104. The van der Waals surface area contributed by atoms with Crippen LogP contribution < -0.4 is 5.73 Å². The summed E-state index contributed by atoms with van der Waals surface area (Å²) in [5, 5.41) is 0.738. The van der Waals surface area contributed by atoms with E-state index in [9.17, 15) is 4.79 Å². The highest BCUT2D eigenvalue weighted by atomic mass is 32.1. The number of nitrogen functional groups attached to an aromatic ring is 1. The predicted molar refractivity (Wildman–Crippen MR) is 128 cm³/mol. The number of anilines is 1. The lowest BCUT2D eigenvalue weighted by molar-refractivity contribution is 0.0526. The van der Waals surface area contributed by atoms with Gasteiger partial charge in [0.1, 0.15) is 5.00 Å². The number of thiophene rings is 1. The molecule has 0 bridgehead atoms. The number of carbonyl (C=O) groups excluding carboxylic acids is 1. The highest BCUT2D eigenvalue weighted by molar-refractivity contribution is 7.16. The highest BCUT2D eigenvalue weighted by Gasteiger charge is 2.44. The fourth-order valence-electron chi connectivity index (χ4n) is 3.91. The maximum Gasteiger partial charge on any atom is 0.341 e. The topological polar surface area (TPSA) is 61.5 Å². The lowest BCUT2D eigenvalue weighted by atomic mass is 9.70. The van der Waals surface area contributed by atoms with Gasteiger partial charge in [-0.3, -0.25) is 0 Å². The molecule has 164 valence electrons. The molecule has 3 rings (SSSR count). The quantitative estimate of drug-likeness (QED) is 0.440. The molecule has 4 nitrogen and oxygen atoms in total. The predicted octanol–water partition coefficient (Wildman–Crippen LogP) is 5.96. The lowest BCUT2D eigenvalue weighted by Gasteiger charge is -2.43. The van der Waals surface area contributed by atoms with Crippen molar-refractivity contribution in [3.8, 4) is 0 Å². The van der Waals surface area contributed by atoms with Crippen LogP contribution in [-0.2, 0) is 27.4 Å². The average molecular weight is 446 g/mol. The van der Waals surface area contributed by atoms with Crippen LogP contribution in [0.4, 0.5) is 5.00 Å². The molecular weight excluding hydrogens is 410 g/mol. The number of ether oxygens (including phenoxy) is 1.